The average Bonchev–Trinajstić information content (AvgIpc) is 2.78. The van der Waals surface area contributed by atoms with Crippen LogP contribution < -0.4 is 5.32 Å². The Bertz CT molecular complexity index is 698. The molecule has 106 valence electrons. The smallest absolute Gasteiger partial charge is 0.254 e. The molecule has 0 saturated heterocycles. The standard InChI is InChI=1S/C16H13BrN2O2/c17-12-5-7-13(8-6-12)18-15(20)10-19-9-11-3-1-2-4-14(11)16(19)21/h1-8H,9-10H2,(H,18,20). The number of nitrogens with zero attached hydrogens (tertiary/aromatic N) is 1. The summed E-state index contributed by atoms with van der Waals surface area (Å²) in [6.45, 7) is 0.548. The van der Waals surface area contributed by atoms with Crippen molar-refractivity contribution in [1.82, 2.24) is 4.90 Å². The lowest BCUT2D eigenvalue weighted by molar-refractivity contribution is -0.116. The number of amides is 2. The van der Waals surface area contributed by atoms with Crippen molar-refractivity contribution in [3.8, 4) is 0 Å². The molecular weight excluding hydrogens is 332 g/mol. The number of anilines is 1. The monoisotopic (exact) mass is 344 g/mol. The van der Waals surface area contributed by atoms with Crippen molar-refractivity contribution < 1.29 is 9.59 Å². The molecule has 0 saturated carbocycles. The van der Waals surface area contributed by atoms with Crippen LogP contribution in [0, 0.1) is 0 Å². The van der Waals surface area contributed by atoms with Crippen molar-refractivity contribution in [2.24, 2.45) is 0 Å². The van der Waals surface area contributed by atoms with Gasteiger partial charge < -0.3 is 10.2 Å². The normalized spacial score (nSPS) is 13.2. The summed E-state index contributed by atoms with van der Waals surface area (Å²) in [7, 11) is 0. The first kappa shape index (κ1) is 13.8. The fraction of sp³-hybridized carbons (Fsp3) is 0.125. The number of hydrogen-bond donors (Lipinski definition) is 1. The Labute approximate surface area is 130 Å². The molecule has 4 nitrogen and oxygen atoms in total. The van der Waals surface area contributed by atoms with Gasteiger partial charge in [-0.2, -0.15) is 0 Å². The summed E-state index contributed by atoms with van der Waals surface area (Å²) in [6, 6.07) is 14.8. The van der Waals surface area contributed by atoms with E-state index in [0.29, 0.717) is 17.8 Å². The lowest BCUT2D eigenvalue weighted by atomic mass is 10.1. The molecule has 1 heterocycles. The number of carbonyl (C=O) groups is 2. The Morgan fingerprint density at radius 3 is 2.57 bits per heavy atom. The summed E-state index contributed by atoms with van der Waals surface area (Å²) in [5.41, 5.74) is 2.38. The molecule has 0 unspecified atom stereocenters. The van der Waals surface area contributed by atoms with Crippen LogP contribution in [0.1, 0.15) is 15.9 Å². The van der Waals surface area contributed by atoms with E-state index in [0.717, 1.165) is 10.0 Å². The van der Waals surface area contributed by atoms with Gasteiger partial charge in [-0.15, -0.1) is 0 Å². The molecule has 5 heteroatoms. The van der Waals surface area contributed by atoms with Crippen molar-refractivity contribution in [3.05, 3.63) is 64.1 Å². The Hall–Kier alpha value is -2.14. The quantitative estimate of drug-likeness (QED) is 0.930. The molecule has 3 rings (SSSR count). The van der Waals surface area contributed by atoms with E-state index < -0.39 is 0 Å². The van der Waals surface area contributed by atoms with Gasteiger partial charge in [0, 0.05) is 22.3 Å². The summed E-state index contributed by atoms with van der Waals surface area (Å²) in [6.07, 6.45) is 0. The first-order chi connectivity index (χ1) is 10.1. The average molecular weight is 345 g/mol. The highest BCUT2D eigenvalue weighted by molar-refractivity contribution is 9.10. The number of benzene rings is 2. The van der Waals surface area contributed by atoms with E-state index in [2.05, 4.69) is 21.2 Å². The van der Waals surface area contributed by atoms with Gasteiger partial charge in [-0.3, -0.25) is 9.59 Å². The minimum absolute atomic E-state index is 0.0591. The molecule has 0 aliphatic carbocycles. The molecule has 1 N–H and O–H groups in total. The van der Waals surface area contributed by atoms with Gasteiger partial charge in [0.1, 0.15) is 6.54 Å². The van der Waals surface area contributed by atoms with Crippen LogP contribution in [0.25, 0.3) is 0 Å². The van der Waals surface area contributed by atoms with Gasteiger partial charge in [0.2, 0.25) is 5.91 Å². The predicted octanol–water partition coefficient (Wildman–Crippen LogP) is 3.04. The topological polar surface area (TPSA) is 49.4 Å². The Morgan fingerprint density at radius 2 is 1.86 bits per heavy atom. The van der Waals surface area contributed by atoms with Gasteiger partial charge >= 0.3 is 0 Å². The van der Waals surface area contributed by atoms with Crippen molar-refractivity contribution in [1.29, 1.82) is 0 Å². The molecule has 0 aromatic heterocycles. The lowest BCUT2D eigenvalue weighted by Crippen LogP contribution is -2.33. The highest BCUT2D eigenvalue weighted by Crippen LogP contribution is 2.22. The van der Waals surface area contributed by atoms with E-state index in [1.54, 1.807) is 11.0 Å². The van der Waals surface area contributed by atoms with Crippen molar-refractivity contribution in [2.75, 3.05) is 11.9 Å². The second kappa shape index (κ2) is 5.69. The molecule has 0 atom stereocenters. The summed E-state index contributed by atoms with van der Waals surface area (Å²) in [5, 5.41) is 2.79. The van der Waals surface area contributed by atoms with Gasteiger partial charge in [-0.1, -0.05) is 34.1 Å². The van der Waals surface area contributed by atoms with E-state index in [9.17, 15) is 9.59 Å². The maximum Gasteiger partial charge on any atom is 0.254 e. The number of rotatable bonds is 3. The van der Waals surface area contributed by atoms with E-state index >= 15 is 0 Å². The SMILES string of the molecule is O=C(CN1Cc2ccccc2C1=O)Nc1ccc(Br)cc1. The molecule has 0 spiro atoms. The number of fused-ring (bicyclic) bond motifs is 1. The second-order valence-corrected chi connectivity index (χ2v) is 5.79. The van der Waals surface area contributed by atoms with Crippen LogP contribution in [-0.4, -0.2) is 23.3 Å². The highest BCUT2D eigenvalue weighted by atomic mass is 79.9. The summed E-state index contributed by atoms with van der Waals surface area (Å²) in [4.78, 5) is 25.8. The van der Waals surface area contributed by atoms with Crippen LogP contribution in [0.4, 0.5) is 5.69 Å². The minimum Gasteiger partial charge on any atom is -0.325 e. The third-order valence-corrected chi connectivity index (χ3v) is 3.89. The fourth-order valence-corrected chi connectivity index (χ4v) is 2.61. The van der Waals surface area contributed by atoms with Gasteiger partial charge in [0.05, 0.1) is 0 Å². The first-order valence-electron chi connectivity index (χ1n) is 6.56. The summed E-state index contributed by atoms with van der Waals surface area (Å²) >= 11 is 3.34. The number of carbonyl (C=O) groups excluding carboxylic acids is 2. The molecule has 1 aliphatic heterocycles. The Balaban J connectivity index is 1.64. The zero-order chi connectivity index (χ0) is 14.8. The minimum atomic E-state index is -0.196. The van der Waals surface area contributed by atoms with E-state index in [1.165, 1.54) is 0 Å². The van der Waals surface area contributed by atoms with Crippen LogP contribution in [0.2, 0.25) is 0 Å². The van der Waals surface area contributed by atoms with Crippen LogP contribution in [0.3, 0.4) is 0 Å². The van der Waals surface area contributed by atoms with Crippen molar-refractivity contribution in [3.63, 3.8) is 0 Å². The molecule has 21 heavy (non-hydrogen) atoms. The summed E-state index contributed by atoms with van der Waals surface area (Å²) in [5.74, 6) is -0.282. The first-order valence-corrected chi connectivity index (χ1v) is 7.35. The largest absolute Gasteiger partial charge is 0.325 e. The fourth-order valence-electron chi connectivity index (χ4n) is 2.35. The van der Waals surface area contributed by atoms with E-state index in [1.807, 2.05) is 42.5 Å². The van der Waals surface area contributed by atoms with E-state index in [-0.39, 0.29) is 18.4 Å². The zero-order valence-corrected chi connectivity index (χ0v) is 12.8. The number of hydrogen-bond acceptors (Lipinski definition) is 2. The third kappa shape index (κ3) is 2.97. The Kier molecular flexibility index (Phi) is 3.75. The maximum absolute atomic E-state index is 12.2. The summed E-state index contributed by atoms with van der Waals surface area (Å²) < 4.78 is 0.950. The molecule has 0 fully saturated rings. The molecular formula is C16H13BrN2O2. The Morgan fingerprint density at radius 1 is 1.14 bits per heavy atom. The molecule has 2 aromatic carbocycles. The van der Waals surface area contributed by atoms with Gasteiger partial charge in [-0.05, 0) is 35.9 Å². The zero-order valence-electron chi connectivity index (χ0n) is 11.2. The molecule has 1 aliphatic rings. The van der Waals surface area contributed by atoms with Crippen LogP contribution >= 0.6 is 15.9 Å². The van der Waals surface area contributed by atoms with Crippen LogP contribution in [0.5, 0.6) is 0 Å². The predicted molar refractivity (Wildman–Crippen MR) is 84.0 cm³/mol. The van der Waals surface area contributed by atoms with Crippen LogP contribution in [-0.2, 0) is 11.3 Å². The van der Waals surface area contributed by atoms with Gasteiger partial charge in [0.25, 0.3) is 5.91 Å². The van der Waals surface area contributed by atoms with Crippen molar-refractivity contribution >= 4 is 33.4 Å². The molecule has 2 aromatic rings. The molecule has 2 amide bonds. The molecule has 0 bridgehead atoms. The lowest BCUT2D eigenvalue weighted by Gasteiger charge is -2.15. The van der Waals surface area contributed by atoms with Gasteiger partial charge in [0.15, 0.2) is 0 Å². The second-order valence-electron chi connectivity index (χ2n) is 4.87. The molecule has 0 radical (unpaired) electrons. The van der Waals surface area contributed by atoms with Crippen LogP contribution in [0.15, 0.2) is 53.0 Å². The number of halogens is 1. The number of nitrogens with one attached hydrogen (secondary N) is 1. The highest BCUT2D eigenvalue weighted by Gasteiger charge is 2.28. The maximum atomic E-state index is 12.2. The van der Waals surface area contributed by atoms with Crippen molar-refractivity contribution in [2.45, 2.75) is 6.54 Å². The third-order valence-electron chi connectivity index (χ3n) is 3.36. The van der Waals surface area contributed by atoms with E-state index in [4.69, 9.17) is 0 Å². The van der Waals surface area contributed by atoms with Gasteiger partial charge in [-0.25, -0.2) is 0 Å².